The lowest BCUT2D eigenvalue weighted by molar-refractivity contribution is -0.117. The smallest absolute Gasteiger partial charge is 0.238 e. The lowest BCUT2D eigenvalue weighted by Gasteiger charge is -2.16. The number of anilines is 1. The number of carbonyl (C=O) groups excluding carboxylic acids is 1. The van der Waals surface area contributed by atoms with E-state index >= 15 is 0 Å². The molecule has 0 aliphatic heterocycles. The SMILES string of the molecule is CN(CC(=O)Nc1ccc(CC#N)cc1)Cc1ccccc1. The van der Waals surface area contributed by atoms with Gasteiger partial charge in [-0.25, -0.2) is 0 Å². The molecule has 2 rings (SSSR count). The first-order valence-electron chi connectivity index (χ1n) is 7.15. The first-order valence-corrected chi connectivity index (χ1v) is 7.15. The summed E-state index contributed by atoms with van der Waals surface area (Å²) in [5, 5.41) is 11.5. The fourth-order valence-corrected chi connectivity index (χ4v) is 2.19. The molecule has 2 aromatic carbocycles. The molecule has 0 aliphatic carbocycles. The summed E-state index contributed by atoms with van der Waals surface area (Å²) in [5.41, 5.74) is 2.88. The largest absolute Gasteiger partial charge is 0.325 e. The molecule has 0 spiro atoms. The molecule has 0 aliphatic rings. The molecule has 4 heteroatoms. The highest BCUT2D eigenvalue weighted by molar-refractivity contribution is 5.92. The highest BCUT2D eigenvalue weighted by Gasteiger charge is 2.07. The molecule has 0 heterocycles. The van der Waals surface area contributed by atoms with Crippen LogP contribution in [0.1, 0.15) is 11.1 Å². The van der Waals surface area contributed by atoms with Crippen molar-refractivity contribution in [3.8, 4) is 6.07 Å². The number of nitrogens with one attached hydrogen (secondary N) is 1. The zero-order chi connectivity index (χ0) is 15.8. The molecule has 0 aromatic heterocycles. The van der Waals surface area contributed by atoms with Gasteiger partial charge in [-0.3, -0.25) is 9.69 Å². The molecule has 1 amide bonds. The van der Waals surface area contributed by atoms with Crippen LogP contribution in [-0.2, 0) is 17.8 Å². The molecule has 0 unspecified atom stereocenters. The lowest BCUT2D eigenvalue weighted by Crippen LogP contribution is -2.29. The first kappa shape index (κ1) is 15.7. The second-order valence-corrected chi connectivity index (χ2v) is 5.24. The number of benzene rings is 2. The van der Waals surface area contributed by atoms with Gasteiger partial charge in [-0.05, 0) is 30.3 Å². The van der Waals surface area contributed by atoms with Gasteiger partial charge in [0.1, 0.15) is 0 Å². The molecule has 0 atom stereocenters. The van der Waals surface area contributed by atoms with E-state index in [-0.39, 0.29) is 5.91 Å². The fourth-order valence-electron chi connectivity index (χ4n) is 2.19. The van der Waals surface area contributed by atoms with Crippen molar-refractivity contribution in [3.05, 3.63) is 65.7 Å². The van der Waals surface area contributed by atoms with Crippen LogP contribution in [0.15, 0.2) is 54.6 Å². The number of nitriles is 1. The molecule has 2 aromatic rings. The van der Waals surface area contributed by atoms with E-state index in [1.54, 1.807) is 0 Å². The van der Waals surface area contributed by atoms with E-state index in [2.05, 4.69) is 11.4 Å². The van der Waals surface area contributed by atoms with Crippen LogP contribution >= 0.6 is 0 Å². The lowest BCUT2D eigenvalue weighted by atomic mass is 10.1. The number of hydrogen-bond acceptors (Lipinski definition) is 3. The highest BCUT2D eigenvalue weighted by atomic mass is 16.2. The molecule has 0 saturated carbocycles. The first-order chi connectivity index (χ1) is 10.7. The third-order valence-corrected chi connectivity index (χ3v) is 3.23. The van der Waals surface area contributed by atoms with E-state index in [1.165, 1.54) is 5.56 Å². The molecule has 112 valence electrons. The van der Waals surface area contributed by atoms with E-state index in [9.17, 15) is 4.79 Å². The van der Waals surface area contributed by atoms with Crippen molar-refractivity contribution >= 4 is 11.6 Å². The Morgan fingerprint density at radius 1 is 1.09 bits per heavy atom. The van der Waals surface area contributed by atoms with Crippen molar-refractivity contribution in [3.63, 3.8) is 0 Å². The Bertz CT molecular complexity index is 644. The molecule has 1 N–H and O–H groups in total. The monoisotopic (exact) mass is 293 g/mol. The Labute approximate surface area is 131 Å². The minimum absolute atomic E-state index is 0.0496. The third kappa shape index (κ3) is 5.04. The predicted octanol–water partition coefficient (Wildman–Crippen LogP) is 2.82. The number of amides is 1. The van der Waals surface area contributed by atoms with Crippen LogP contribution in [-0.4, -0.2) is 24.4 Å². The number of rotatable bonds is 6. The van der Waals surface area contributed by atoms with Gasteiger partial charge >= 0.3 is 0 Å². The predicted molar refractivity (Wildman–Crippen MR) is 87.2 cm³/mol. The summed E-state index contributed by atoms with van der Waals surface area (Å²) in [6.45, 7) is 1.06. The maximum Gasteiger partial charge on any atom is 0.238 e. The van der Waals surface area contributed by atoms with Gasteiger partial charge in [-0.2, -0.15) is 5.26 Å². The normalized spacial score (nSPS) is 10.2. The van der Waals surface area contributed by atoms with Crippen LogP contribution in [0.4, 0.5) is 5.69 Å². The molecule has 22 heavy (non-hydrogen) atoms. The van der Waals surface area contributed by atoms with Crippen LogP contribution in [0.2, 0.25) is 0 Å². The molecule has 4 nitrogen and oxygen atoms in total. The molecule has 0 radical (unpaired) electrons. The maximum absolute atomic E-state index is 12.0. The Balaban J connectivity index is 1.83. The van der Waals surface area contributed by atoms with E-state index in [0.29, 0.717) is 13.0 Å². The van der Waals surface area contributed by atoms with Crippen LogP contribution in [0.3, 0.4) is 0 Å². The maximum atomic E-state index is 12.0. The van der Waals surface area contributed by atoms with E-state index in [4.69, 9.17) is 5.26 Å². The van der Waals surface area contributed by atoms with Crippen molar-refractivity contribution in [2.45, 2.75) is 13.0 Å². The van der Waals surface area contributed by atoms with Gasteiger partial charge in [0.15, 0.2) is 0 Å². The zero-order valence-electron chi connectivity index (χ0n) is 12.6. The summed E-state index contributed by atoms with van der Waals surface area (Å²) >= 11 is 0. The number of nitrogens with zero attached hydrogens (tertiary/aromatic N) is 2. The quantitative estimate of drug-likeness (QED) is 0.891. The Hall–Kier alpha value is -2.64. The number of likely N-dealkylation sites (N-methyl/N-ethyl adjacent to an activating group) is 1. The molecular formula is C18H19N3O. The Kier molecular flexibility index (Phi) is 5.70. The summed E-state index contributed by atoms with van der Waals surface area (Å²) in [5.74, 6) is -0.0496. The number of carbonyl (C=O) groups is 1. The van der Waals surface area contributed by atoms with Crippen LogP contribution in [0.5, 0.6) is 0 Å². The van der Waals surface area contributed by atoms with Gasteiger partial charge in [0.2, 0.25) is 5.91 Å². The van der Waals surface area contributed by atoms with Gasteiger partial charge in [0.25, 0.3) is 0 Å². The second-order valence-electron chi connectivity index (χ2n) is 5.24. The fraction of sp³-hybridized carbons (Fsp3) is 0.222. The van der Waals surface area contributed by atoms with E-state index < -0.39 is 0 Å². The molecule has 0 bridgehead atoms. The summed E-state index contributed by atoms with van der Waals surface area (Å²) in [6.07, 6.45) is 0.383. The molecule has 0 saturated heterocycles. The van der Waals surface area contributed by atoms with E-state index in [0.717, 1.165) is 17.8 Å². The summed E-state index contributed by atoms with van der Waals surface area (Å²) in [7, 11) is 1.92. The third-order valence-electron chi connectivity index (χ3n) is 3.23. The second kappa shape index (κ2) is 7.96. The van der Waals surface area contributed by atoms with Gasteiger partial charge < -0.3 is 5.32 Å². The van der Waals surface area contributed by atoms with Gasteiger partial charge in [-0.15, -0.1) is 0 Å². The van der Waals surface area contributed by atoms with Gasteiger partial charge in [0.05, 0.1) is 19.0 Å². The van der Waals surface area contributed by atoms with Crippen molar-refractivity contribution in [2.75, 3.05) is 18.9 Å². The summed E-state index contributed by atoms with van der Waals surface area (Å²) in [4.78, 5) is 14.0. The Morgan fingerprint density at radius 2 is 1.77 bits per heavy atom. The van der Waals surface area contributed by atoms with Crippen molar-refractivity contribution in [1.82, 2.24) is 4.90 Å². The minimum Gasteiger partial charge on any atom is -0.325 e. The van der Waals surface area contributed by atoms with Gasteiger partial charge in [0, 0.05) is 12.2 Å². The minimum atomic E-state index is -0.0496. The zero-order valence-corrected chi connectivity index (χ0v) is 12.6. The average molecular weight is 293 g/mol. The summed E-state index contributed by atoms with van der Waals surface area (Å²) < 4.78 is 0. The van der Waals surface area contributed by atoms with Crippen molar-refractivity contribution in [1.29, 1.82) is 5.26 Å². The Morgan fingerprint density at radius 3 is 2.41 bits per heavy atom. The summed E-state index contributed by atoms with van der Waals surface area (Å²) in [6, 6.07) is 19.5. The topological polar surface area (TPSA) is 56.1 Å². The average Bonchev–Trinajstić information content (AvgIpc) is 2.50. The van der Waals surface area contributed by atoms with Crippen LogP contribution in [0.25, 0.3) is 0 Å². The molecule has 0 fully saturated rings. The highest BCUT2D eigenvalue weighted by Crippen LogP contribution is 2.10. The van der Waals surface area contributed by atoms with Crippen LogP contribution in [0, 0.1) is 11.3 Å². The van der Waals surface area contributed by atoms with Crippen LogP contribution < -0.4 is 5.32 Å². The molecular weight excluding hydrogens is 274 g/mol. The van der Waals surface area contributed by atoms with E-state index in [1.807, 2.05) is 66.5 Å². The number of hydrogen-bond donors (Lipinski definition) is 1. The van der Waals surface area contributed by atoms with Crippen molar-refractivity contribution in [2.24, 2.45) is 0 Å². The van der Waals surface area contributed by atoms with Gasteiger partial charge in [-0.1, -0.05) is 42.5 Å². The standard InChI is InChI=1S/C18H19N3O/c1-21(13-16-5-3-2-4-6-16)14-18(22)20-17-9-7-15(8-10-17)11-12-19/h2-10H,11,13-14H2,1H3,(H,20,22). The van der Waals surface area contributed by atoms with Crippen molar-refractivity contribution < 1.29 is 4.79 Å².